The van der Waals surface area contributed by atoms with E-state index in [0.717, 1.165) is 21.7 Å². The van der Waals surface area contributed by atoms with Crippen LogP contribution in [0.4, 0.5) is 10.5 Å². The highest BCUT2D eigenvalue weighted by Crippen LogP contribution is 2.21. The van der Waals surface area contributed by atoms with E-state index in [2.05, 4.69) is 10.6 Å². The Bertz CT molecular complexity index is 724. The van der Waals surface area contributed by atoms with Gasteiger partial charge in [-0.3, -0.25) is 9.69 Å². The molecule has 5 nitrogen and oxygen atoms in total. The van der Waals surface area contributed by atoms with Gasteiger partial charge in [-0.1, -0.05) is 12.1 Å². The molecule has 0 saturated carbocycles. The van der Waals surface area contributed by atoms with Gasteiger partial charge in [-0.2, -0.15) is 0 Å². The highest BCUT2D eigenvalue weighted by atomic mass is 32.1. The van der Waals surface area contributed by atoms with Crippen molar-refractivity contribution in [3.8, 4) is 0 Å². The minimum atomic E-state index is -0.0913. The van der Waals surface area contributed by atoms with Crippen molar-refractivity contribution in [1.82, 2.24) is 10.6 Å². The first-order valence-corrected chi connectivity index (χ1v) is 8.44. The van der Waals surface area contributed by atoms with Gasteiger partial charge in [0.1, 0.15) is 0 Å². The minimum Gasteiger partial charge on any atom is -0.345 e. The molecular formula is C17H19N3O2S. The highest BCUT2D eigenvalue weighted by molar-refractivity contribution is 7.12. The monoisotopic (exact) mass is 329 g/mol. The summed E-state index contributed by atoms with van der Waals surface area (Å²) in [6.07, 6.45) is 0. The average molecular weight is 329 g/mol. The smallest absolute Gasteiger partial charge is 0.321 e. The van der Waals surface area contributed by atoms with Crippen molar-refractivity contribution in [3.63, 3.8) is 0 Å². The van der Waals surface area contributed by atoms with E-state index in [1.54, 1.807) is 4.90 Å². The van der Waals surface area contributed by atoms with Crippen LogP contribution in [-0.4, -0.2) is 25.0 Å². The number of benzene rings is 1. The Labute approximate surface area is 139 Å². The van der Waals surface area contributed by atoms with E-state index in [9.17, 15) is 9.59 Å². The van der Waals surface area contributed by atoms with E-state index in [0.29, 0.717) is 13.1 Å². The molecule has 1 fully saturated rings. The molecular weight excluding hydrogens is 310 g/mol. The maximum atomic E-state index is 12.2. The molecule has 2 heterocycles. The van der Waals surface area contributed by atoms with Gasteiger partial charge in [0.2, 0.25) is 0 Å². The number of aryl methyl sites for hydroxylation is 1. The summed E-state index contributed by atoms with van der Waals surface area (Å²) in [6, 6.07) is 9.47. The Hall–Kier alpha value is -2.34. The van der Waals surface area contributed by atoms with Crippen LogP contribution in [0.2, 0.25) is 0 Å². The molecule has 1 aromatic heterocycles. The molecule has 0 radical (unpaired) electrons. The standard InChI is InChI=1S/C17H19N3O2S/c1-11-9-15(23-10-11)16(21)19-12(2)13-3-5-14(6-4-13)20-8-7-18-17(20)22/h3-6,9-10,12H,7-8H2,1-2H3,(H,18,22)(H,19,21). The van der Waals surface area contributed by atoms with Crippen molar-refractivity contribution in [1.29, 1.82) is 0 Å². The Kier molecular flexibility index (Phi) is 4.34. The number of hydrogen-bond donors (Lipinski definition) is 2. The van der Waals surface area contributed by atoms with Crippen molar-refractivity contribution in [2.75, 3.05) is 18.0 Å². The molecule has 0 aliphatic carbocycles. The van der Waals surface area contributed by atoms with E-state index in [1.165, 1.54) is 11.3 Å². The van der Waals surface area contributed by atoms with Crippen LogP contribution in [0.15, 0.2) is 35.7 Å². The molecule has 2 aromatic rings. The molecule has 3 rings (SSSR count). The maximum absolute atomic E-state index is 12.2. The molecule has 0 spiro atoms. The molecule has 120 valence electrons. The Balaban J connectivity index is 1.66. The second kappa shape index (κ2) is 6.42. The number of hydrogen-bond acceptors (Lipinski definition) is 3. The van der Waals surface area contributed by atoms with Gasteiger partial charge in [0.05, 0.1) is 10.9 Å². The van der Waals surface area contributed by atoms with Gasteiger partial charge in [0.15, 0.2) is 0 Å². The number of thiophene rings is 1. The molecule has 1 unspecified atom stereocenters. The summed E-state index contributed by atoms with van der Waals surface area (Å²) in [4.78, 5) is 26.3. The zero-order chi connectivity index (χ0) is 16.4. The van der Waals surface area contributed by atoms with Crippen molar-refractivity contribution in [2.45, 2.75) is 19.9 Å². The Morgan fingerprint density at radius 3 is 2.65 bits per heavy atom. The summed E-state index contributed by atoms with van der Waals surface area (Å²) in [7, 11) is 0. The summed E-state index contributed by atoms with van der Waals surface area (Å²) < 4.78 is 0. The zero-order valence-electron chi connectivity index (χ0n) is 13.1. The Morgan fingerprint density at radius 1 is 1.35 bits per heavy atom. The van der Waals surface area contributed by atoms with Gasteiger partial charge in [0.25, 0.3) is 5.91 Å². The van der Waals surface area contributed by atoms with Crippen LogP contribution in [0.25, 0.3) is 0 Å². The quantitative estimate of drug-likeness (QED) is 0.905. The molecule has 1 atom stereocenters. The number of nitrogens with zero attached hydrogens (tertiary/aromatic N) is 1. The minimum absolute atomic E-state index is 0.0569. The van der Waals surface area contributed by atoms with Crippen molar-refractivity contribution >= 4 is 29.0 Å². The summed E-state index contributed by atoms with van der Waals surface area (Å²) in [5.41, 5.74) is 2.98. The molecule has 1 aromatic carbocycles. The molecule has 1 aliphatic heterocycles. The SMILES string of the molecule is Cc1csc(C(=O)NC(C)c2ccc(N3CCNC3=O)cc2)c1. The van der Waals surface area contributed by atoms with Crippen molar-refractivity contribution < 1.29 is 9.59 Å². The lowest BCUT2D eigenvalue weighted by molar-refractivity contribution is 0.0944. The molecule has 6 heteroatoms. The normalized spacial score (nSPS) is 15.4. The number of urea groups is 1. The number of anilines is 1. The van der Waals surface area contributed by atoms with Gasteiger partial charge < -0.3 is 10.6 Å². The van der Waals surface area contributed by atoms with Crippen molar-refractivity contribution in [2.24, 2.45) is 0 Å². The lowest BCUT2D eigenvalue weighted by Crippen LogP contribution is -2.28. The van der Waals surface area contributed by atoms with Crippen LogP contribution < -0.4 is 15.5 Å². The predicted octanol–water partition coefficient (Wildman–Crippen LogP) is 3.08. The van der Waals surface area contributed by atoms with Crippen LogP contribution in [0.5, 0.6) is 0 Å². The number of carbonyl (C=O) groups is 2. The third kappa shape index (κ3) is 3.37. The zero-order valence-corrected chi connectivity index (χ0v) is 13.9. The van der Waals surface area contributed by atoms with Gasteiger partial charge >= 0.3 is 6.03 Å². The second-order valence-corrected chi connectivity index (χ2v) is 6.57. The van der Waals surface area contributed by atoms with E-state index in [4.69, 9.17) is 0 Å². The molecule has 2 N–H and O–H groups in total. The number of carbonyl (C=O) groups excluding carboxylic acids is 2. The second-order valence-electron chi connectivity index (χ2n) is 5.66. The van der Waals surface area contributed by atoms with Crippen LogP contribution in [-0.2, 0) is 0 Å². The number of amides is 3. The van der Waals surface area contributed by atoms with Gasteiger partial charge in [-0.15, -0.1) is 11.3 Å². The first-order chi connectivity index (χ1) is 11.0. The maximum Gasteiger partial charge on any atom is 0.321 e. The van der Waals surface area contributed by atoms with Gasteiger partial charge in [0, 0.05) is 18.8 Å². The number of rotatable bonds is 4. The Morgan fingerprint density at radius 2 is 2.09 bits per heavy atom. The van der Waals surface area contributed by atoms with Gasteiger partial charge in [-0.05, 0) is 48.6 Å². The molecule has 23 heavy (non-hydrogen) atoms. The first-order valence-electron chi connectivity index (χ1n) is 7.56. The van der Waals surface area contributed by atoms with Crippen LogP contribution >= 0.6 is 11.3 Å². The van der Waals surface area contributed by atoms with Crippen molar-refractivity contribution in [3.05, 3.63) is 51.7 Å². The fraction of sp³-hybridized carbons (Fsp3) is 0.294. The largest absolute Gasteiger partial charge is 0.345 e. The third-order valence-corrected chi connectivity index (χ3v) is 4.91. The van der Waals surface area contributed by atoms with Crippen LogP contribution in [0.1, 0.15) is 33.8 Å². The first kappa shape index (κ1) is 15.6. The predicted molar refractivity (Wildman–Crippen MR) is 92.1 cm³/mol. The fourth-order valence-electron chi connectivity index (χ4n) is 2.56. The lowest BCUT2D eigenvalue weighted by Gasteiger charge is -2.17. The van der Waals surface area contributed by atoms with Crippen LogP contribution in [0.3, 0.4) is 0 Å². The number of nitrogens with one attached hydrogen (secondary N) is 2. The highest BCUT2D eigenvalue weighted by Gasteiger charge is 2.21. The summed E-state index contributed by atoms with van der Waals surface area (Å²) >= 11 is 1.45. The fourth-order valence-corrected chi connectivity index (χ4v) is 3.36. The molecule has 1 aliphatic rings. The summed E-state index contributed by atoms with van der Waals surface area (Å²) in [5, 5.41) is 7.75. The average Bonchev–Trinajstić information content (AvgIpc) is 3.16. The summed E-state index contributed by atoms with van der Waals surface area (Å²) in [6.45, 7) is 5.29. The molecule has 3 amide bonds. The van der Waals surface area contributed by atoms with Gasteiger partial charge in [-0.25, -0.2) is 4.79 Å². The third-order valence-electron chi connectivity index (χ3n) is 3.86. The van der Waals surface area contributed by atoms with E-state index in [1.807, 2.05) is 49.6 Å². The van der Waals surface area contributed by atoms with Crippen LogP contribution in [0, 0.1) is 6.92 Å². The van der Waals surface area contributed by atoms with E-state index >= 15 is 0 Å². The topological polar surface area (TPSA) is 61.4 Å². The van der Waals surface area contributed by atoms with E-state index in [-0.39, 0.29) is 18.0 Å². The molecule has 0 bridgehead atoms. The molecule has 1 saturated heterocycles. The van der Waals surface area contributed by atoms with E-state index < -0.39 is 0 Å². The summed E-state index contributed by atoms with van der Waals surface area (Å²) in [5.74, 6) is -0.0569. The lowest BCUT2D eigenvalue weighted by atomic mass is 10.1.